The first-order valence-electron chi connectivity index (χ1n) is 45.7. The summed E-state index contributed by atoms with van der Waals surface area (Å²) in [5.41, 5.74) is 46.9. The van der Waals surface area contributed by atoms with E-state index in [1.807, 2.05) is 0 Å². The summed E-state index contributed by atoms with van der Waals surface area (Å²) in [5, 5.41) is 2.18. The minimum absolute atomic E-state index is 0.0486. The van der Waals surface area contributed by atoms with E-state index in [1.165, 1.54) is 163 Å². The second-order valence-electron chi connectivity index (χ2n) is 37.4. The van der Waals surface area contributed by atoms with Gasteiger partial charge in [-0.25, -0.2) is 19.9 Å². The van der Waals surface area contributed by atoms with Crippen LogP contribution in [0.2, 0.25) is 0 Å². The van der Waals surface area contributed by atoms with Gasteiger partial charge in [-0.1, -0.05) is 344 Å². The molecule has 16 aromatic carbocycles. The van der Waals surface area contributed by atoms with Crippen LogP contribution in [0.1, 0.15) is 135 Å². The Bertz CT molecular complexity index is 7710. The molecule has 5 nitrogen and oxygen atoms in total. The summed E-state index contributed by atoms with van der Waals surface area (Å²) >= 11 is 0. The quantitative estimate of drug-likeness (QED) is 0.115. The SMILES string of the molecule is CC1(C)c2ccccc2-c2cc3c(cc21)-c1cc(-c2cccc(-c4cccc(-c5cc(-c6ccc7c(c6)oc6cc(CC8(C)c9ccccc9-c9cc%10c(cc98)-c8cc(-c9cccc(-c%11cccc(-c%12nc(-c%13ccccc%13)c(-c%13ccccc%13)nc%12-c%12ccccc%12)c%11)c9)ccc8C%108CCCCC8)ccc67)nc(-c6ccccc6)n5)c4)c2)ccc1C31CCCCC1. The normalized spacial score (nSPS) is 16.1. The van der Waals surface area contributed by atoms with Crippen LogP contribution in [0.4, 0.5) is 0 Å². The molecule has 3 aromatic heterocycles. The number of benzene rings is 16. The van der Waals surface area contributed by atoms with E-state index in [9.17, 15) is 0 Å². The van der Waals surface area contributed by atoms with Crippen LogP contribution < -0.4 is 0 Å². The molecule has 1 atom stereocenters. The van der Waals surface area contributed by atoms with Gasteiger partial charge in [-0.2, -0.15) is 0 Å². The molecule has 5 heteroatoms. The molecule has 127 heavy (non-hydrogen) atoms. The second-order valence-corrected chi connectivity index (χ2v) is 37.4. The first-order chi connectivity index (χ1) is 62.4. The number of hydrogen-bond acceptors (Lipinski definition) is 5. The highest BCUT2D eigenvalue weighted by molar-refractivity contribution is 6.06. The van der Waals surface area contributed by atoms with Gasteiger partial charge in [0, 0.05) is 71.4 Å². The Kier molecular flexibility index (Phi) is 17.3. The van der Waals surface area contributed by atoms with Crippen LogP contribution in [0, 0.1) is 0 Å². The maximum Gasteiger partial charge on any atom is 0.160 e. The Morgan fingerprint density at radius 3 is 1.10 bits per heavy atom. The van der Waals surface area contributed by atoms with Crippen molar-refractivity contribution in [2.45, 2.75) is 113 Å². The zero-order valence-electron chi connectivity index (χ0n) is 71.7. The third kappa shape index (κ3) is 12.1. The summed E-state index contributed by atoms with van der Waals surface area (Å²) in [6.07, 6.45) is 13.1. The van der Waals surface area contributed by atoms with Crippen LogP contribution in [0.25, 0.3) is 190 Å². The van der Waals surface area contributed by atoms with E-state index in [-0.39, 0.29) is 21.7 Å². The molecule has 2 fully saturated rings. The minimum atomic E-state index is -0.343. The second kappa shape index (κ2) is 29.3. The molecule has 19 aromatic rings. The van der Waals surface area contributed by atoms with Gasteiger partial charge in [-0.05, 0) is 256 Å². The first-order valence-corrected chi connectivity index (χ1v) is 45.7. The number of aromatic nitrogens is 4. The standard InChI is InChI=1S/C122H92N4O/c1-119(2)102-48-20-18-46-92(102)98-72-108-100(70-106(98)119)96-67-87(52-56-104(96)121(108)58-22-8-23-59-121)83-40-26-38-81(63-83)85-42-28-44-89(65-85)110-74-111(124-118(123-110)80-36-16-7-17-37-80)90-51-55-95-94-54-50-76(62-112(94)127-113(95)69-90)75-120(3)103-49-21-19-47-93(103)99-73-109-101(71-107(99)120)97-68-88(53-57-105(97)122(109)60-24-9-25-61-122)84-41-27-39-82(64-84)86-43-29-45-91(66-86)117-116(79-34-14-6-15-35-79)125-114(77-30-10-4-11-31-77)115(126-117)78-32-12-5-13-33-78/h4-7,10-21,26-57,62-74H,8-9,22-25,58-61,75H2,1-3H3. The molecule has 3 heterocycles. The Morgan fingerprint density at radius 2 is 0.583 bits per heavy atom. The number of furan rings is 1. The molecule has 25 rings (SSSR count). The maximum absolute atomic E-state index is 7.10. The number of rotatable bonds is 13. The molecule has 6 aliphatic rings. The van der Waals surface area contributed by atoms with Crippen molar-refractivity contribution in [2.24, 2.45) is 0 Å². The average molecular weight is 1630 g/mol. The molecular formula is C122H92N4O. The Morgan fingerprint density at radius 1 is 0.228 bits per heavy atom. The van der Waals surface area contributed by atoms with Gasteiger partial charge in [0.25, 0.3) is 0 Å². The van der Waals surface area contributed by atoms with Crippen LogP contribution in [0.5, 0.6) is 0 Å². The molecule has 0 bridgehead atoms. The van der Waals surface area contributed by atoms with Crippen LogP contribution in [-0.2, 0) is 28.1 Å². The summed E-state index contributed by atoms with van der Waals surface area (Å²) in [4.78, 5) is 21.9. The minimum Gasteiger partial charge on any atom is -0.456 e. The molecule has 0 saturated heterocycles. The van der Waals surface area contributed by atoms with E-state index in [2.05, 4.69) is 391 Å². The van der Waals surface area contributed by atoms with Crippen molar-refractivity contribution >= 4 is 21.9 Å². The smallest absolute Gasteiger partial charge is 0.160 e. The summed E-state index contributed by atoms with van der Waals surface area (Å²) in [6, 6.07) is 137. The number of hydrogen-bond donors (Lipinski definition) is 0. The van der Waals surface area contributed by atoms with Crippen molar-refractivity contribution in [3.8, 4) is 168 Å². The first kappa shape index (κ1) is 75.0. The third-order valence-corrected chi connectivity index (χ3v) is 29.9. The van der Waals surface area contributed by atoms with Gasteiger partial charge in [0.1, 0.15) is 11.2 Å². The van der Waals surface area contributed by atoms with Gasteiger partial charge >= 0.3 is 0 Å². The van der Waals surface area contributed by atoms with Gasteiger partial charge < -0.3 is 4.42 Å². The van der Waals surface area contributed by atoms with Gasteiger partial charge in [0.2, 0.25) is 0 Å². The van der Waals surface area contributed by atoms with Gasteiger partial charge in [-0.15, -0.1) is 0 Å². The van der Waals surface area contributed by atoms with Gasteiger partial charge in [0.05, 0.1) is 34.2 Å². The lowest BCUT2D eigenvalue weighted by molar-refractivity contribution is 0.353. The summed E-state index contributed by atoms with van der Waals surface area (Å²) in [6.45, 7) is 7.33. The molecule has 0 aliphatic heterocycles. The monoisotopic (exact) mass is 1630 g/mol. The van der Waals surface area contributed by atoms with E-state index >= 15 is 0 Å². The van der Waals surface area contributed by atoms with Crippen molar-refractivity contribution in [2.75, 3.05) is 0 Å². The van der Waals surface area contributed by atoms with E-state index in [0.29, 0.717) is 5.82 Å². The molecular weight excluding hydrogens is 1540 g/mol. The summed E-state index contributed by atoms with van der Waals surface area (Å²) < 4.78 is 7.10. The Balaban J connectivity index is 0.527. The molecule has 6 aliphatic carbocycles. The zero-order chi connectivity index (χ0) is 84.3. The number of nitrogens with zero attached hydrogens (tertiary/aromatic N) is 4. The fourth-order valence-corrected chi connectivity index (χ4v) is 23.7. The fourth-order valence-electron chi connectivity index (χ4n) is 23.7. The van der Waals surface area contributed by atoms with E-state index in [1.54, 1.807) is 5.56 Å². The number of fused-ring (bicyclic) bond motifs is 19. The highest BCUT2D eigenvalue weighted by Gasteiger charge is 2.50. The molecule has 2 spiro atoms. The van der Waals surface area contributed by atoms with Gasteiger partial charge in [0.15, 0.2) is 5.82 Å². The third-order valence-electron chi connectivity index (χ3n) is 29.9. The molecule has 606 valence electrons. The van der Waals surface area contributed by atoms with E-state index in [0.717, 1.165) is 137 Å². The molecule has 0 radical (unpaired) electrons. The van der Waals surface area contributed by atoms with Crippen LogP contribution in [-0.4, -0.2) is 19.9 Å². The van der Waals surface area contributed by atoms with Crippen molar-refractivity contribution in [1.82, 2.24) is 19.9 Å². The molecule has 1 unspecified atom stereocenters. The lowest BCUT2D eigenvalue weighted by atomic mass is 9.67. The topological polar surface area (TPSA) is 64.7 Å². The van der Waals surface area contributed by atoms with Crippen LogP contribution >= 0.6 is 0 Å². The highest BCUT2D eigenvalue weighted by Crippen LogP contribution is 2.63. The Labute approximate surface area is 742 Å². The Hall–Kier alpha value is -14.5. The average Bonchev–Trinajstić information content (AvgIpc) is 1.54. The summed E-state index contributed by atoms with van der Waals surface area (Å²) in [5.74, 6) is 0.673. The predicted molar refractivity (Wildman–Crippen MR) is 523 cm³/mol. The predicted octanol–water partition coefficient (Wildman–Crippen LogP) is 31.8. The van der Waals surface area contributed by atoms with Gasteiger partial charge in [-0.3, -0.25) is 0 Å². The molecule has 0 N–H and O–H groups in total. The maximum atomic E-state index is 7.10. The van der Waals surface area contributed by atoms with Crippen molar-refractivity contribution < 1.29 is 4.42 Å². The lowest BCUT2D eigenvalue weighted by Crippen LogP contribution is -2.28. The van der Waals surface area contributed by atoms with Crippen LogP contribution in [0.3, 0.4) is 0 Å². The van der Waals surface area contributed by atoms with Crippen LogP contribution in [0.15, 0.2) is 374 Å². The van der Waals surface area contributed by atoms with E-state index < -0.39 is 0 Å². The zero-order valence-corrected chi connectivity index (χ0v) is 71.7. The molecule has 2 saturated carbocycles. The van der Waals surface area contributed by atoms with Crippen molar-refractivity contribution in [3.63, 3.8) is 0 Å². The summed E-state index contributed by atoms with van der Waals surface area (Å²) in [7, 11) is 0. The lowest BCUT2D eigenvalue weighted by Gasteiger charge is -2.36. The molecule has 0 amide bonds. The fraction of sp³-hybridized carbons (Fsp3) is 0.148. The van der Waals surface area contributed by atoms with Crippen molar-refractivity contribution in [3.05, 3.63) is 420 Å². The highest BCUT2D eigenvalue weighted by atomic mass is 16.3. The van der Waals surface area contributed by atoms with Crippen molar-refractivity contribution in [1.29, 1.82) is 0 Å². The van der Waals surface area contributed by atoms with E-state index in [4.69, 9.17) is 24.4 Å². The largest absolute Gasteiger partial charge is 0.456 e.